The average molecular weight is 373 g/mol. The molecule has 94 valence electrons. The molecular weight excluding hydrogens is 359 g/mol. The molecule has 1 N–H and O–H groups in total. The Labute approximate surface area is 126 Å². The van der Waals surface area contributed by atoms with E-state index < -0.39 is 6.10 Å². The van der Waals surface area contributed by atoms with E-state index in [0.717, 1.165) is 14.7 Å². The predicted octanol–water partition coefficient (Wildman–Crippen LogP) is 4.53. The summed E-state index contributed by atoms with van der Waals surface area (Å²) in [6.07, 6.45) is 0.0965. The molecule has 0 saturated heterocycles. The summed E-state index contributed by atoms with van der Waals surface area (Å²) in [5, 5.41) is 10.9. The van der Waals surface area contributed by atoms with Gasteiger partial charge in [0.1, 0.15) is 0 Å². The highest BCUT2D eigenvalue weighted by atomic mass is 127. The molecule has 3 heteroatoms. The Hall–Kier alpha value is -0.580. The SMILES string of the molecule is Cc1ccc(CC(O)c2ccc(I)c(Cl)c2)cc1. The molecule has 1 atom stereocenters. The lowest BCUT2D eigenvalue weighted by Gasteiger charge is -2.12. The molecule has 0 fully saturated rings. The molecule has 0 saturated carbocycles. The summed E-state index contributed by atoms with van der Waals surface area (Å²) in [5.74, 6) is 0. The summed E-state index contributed by atoms with van der Waals surface area (Å²) >= 11 is 8.24. The number of aliphatic hydroxyl groups is 1. The normalized spacial score (nSPS) is 12.4. The van der Waals surface area contributed by atoms with Crippen LogP contribution in [0.4, 0.5) is 0 Å². The summed E-state index contributed by atoms with van der Waals surface area (Å²) < 4.78 is 1.00. The molecule has 0 aliphatic rings. The van der Waals surface area contributed by atoms with Crippen molar-refractivity contribution < 1.29 is 5.11 Å². The molecule has 18 heavy (non-hydrogen) atoms. The molecule has 0 amide bonds. The standard InChI is InChI=1S/C15H14ClIO/c1-10-2-4-11(5-3-10)8-15(18)12-6-7-14(17)13(16)9-12/h2-7,9,15,18H,8H2,1H3. The van der Waals surface area contributed by atoms with E-state index in [2.05, 4.69) is 41.6 Å². The van der Waals surface area contributed by atoms with Crippen molar-refractivity contribution in [3.8, 4) is 0 Å². The fourth-order valence-corrected chi connectivity index (χ4v) is 2.31. The number of benzene rings is 2. The largest absolute Gasteiger partial charge is 0.388 e. The Morgan fingerprint density at radius 1 is 1.17 bits per heavy atom. The number of aryl methyl sites for hydroxylation is 1. The van der Waals surface area contributed by atoms with E-state index in [1.165, 1.54) is 5.56 Å². The Bertz CT molecular complexity index is 537. The summed E-state index contributed by atoms with van der Waals surface area (Å²) in [6.45, 7) is 2.05. The quantitative estimate of drug-likeness (QED) is 0.785. The van der Waals surface area contributed by atoms with Crippen molar-refractivity contribution >= 4 is 34.2 Å². The van der Waals surface area contributed by atoms with E-state index in [4.69, 9.17) is 11.6 Å². The first-order valence-corrected chi connectivity index (χ1v) is 7.20. The molecule has 0 aromatic heterocycles. The Kier molecular flexibility index (Phi) is 4.65. The highest BCUT2D eigenvalue weighted by Crippen LogP contribution is 2.25. The zero-order valence-electron chi connectivity index (χ0n) is 10.0. The second kappa shape index (κ2) is 6.04. The third kappa shape index (κ3) is 3.46. The van der Waals surface area contributed by atoms with Crippen molar-refractivity contribution in [3.05, 3.63) is 67.7 Å². The van der Waals surface area contributed by atoms with Crippen LogP contribution in [0.2, 0.25) is 5.02 Å². The van der Waals surface area contributed by atoms with Gasteiger partial charge in [-0.15, -0.1) is 0 Å². The number of rotatable bonds is 3. The molecule has 1 unspecified atom stereocenters. The summed E-state index contributed by atoms with van der Waals surface area (Å²) in [6, 6.07) is 13.9. The Morgan fingerprint density at radius 3 is 2.44 bits per heavy atom. The van der Waals surface area contributed by atoms with Gasteiger partial charge in [-0.25, -0.2) is 0 Å². The molecule has 0 spiro atoms. The van der Waals surface area contributed by atoms with Crippen LogP contribution in [0.25, 0.3) is 0 Å². The van der Waals surface area contributed by atoms with Gasteiger partial charge in [0.25, 0.3) is 0 Å². The van der Waals surface area contributed by atoms with Crippen LogP contribution in [0.15, 0.2) is 42.5 Å². The van der Waals surface area contributed by atoms with Crippen molar-refractivity contribution in [1.82, 2.24) is 0 Å². The highest BCUT2D eigenvalue weighted by Gasteiger charge is 2.10. The maximum absolute atomic E-state index is 10.2. The molecule has 2 rings (SSSR count). The first-order valence-electron chi connectivity index (χ1n) is 5.75. The zero-order chi connectivity index (χ0) is 13.1. The highest BCUT2D eigenvalue weighted by molar-refractivity contribution is 14.1. The maximum Gasteiger partial charge on any atom is 0.0830 e. The van der Waals surface area contributed by atoms with Crippen LogP contribution in [-0.2, 0) is 6.42 Å². The molecule has 0 aliphatic carbocycles. The fraction of sp³-hybridized carbons (Fsp3) is 0.200. The van der Waals surface area contributed by atoms with Gasteiger partial charge in [0.05, 0.1) is 11.1 Å². The second-order valence-electron chi connectivity index (χ2n) is 4.38. The van der Waals surface area contributed by atoms with E-state index in [1.807, 2.05) is 30.3 Å². The van der Waals surface area contributed by atoms with Crippen LogP contribution >= 0.6 is 34.2 Å². The van der Waals surface area contributed by atoms with Crippen molar-refractivity contribution in [2.75, 3.05) is 0 Å². The van der Waals surface area contributed by atoms with Crippen LogP contribution in [-0.4, -0.2) is 5.11 Å². The lowest BCUT2D eigenvalue weighted by molar-refractivity contribution is 0.178. The number of aliphatic hydroxyl groups excluding tert-OH is 1. The Morgan fingerprint density at radius 2 is 1.83 bits per heavy atom. The van der Waals surface area contributed by atoms with Gasteiger partial charge in [-0.2, -0.15) is 0 Å². The first-order chi connectivity index (χ1) is 8.56. The summed E-state index contributed by atoms with van der Waals surface area (Å²) in [4.78, 5) is 0. The smallest absolute Gasteiger partial charge is 0.0830 e. The van der Waals surface area contributed by atoms with Gasteiger partial charge < -0.3 is 5.11 Å². The number of halogens is 2. The van der Waals surface area contributed by atoms with Crippen LogP contribution in [0, 0.1) is 10.5 Å². The van der Waals surface area contributed by atoms with Crippen molar-refractivity contribution in [2.24, 2.45) is 0 Å². The van der Waals surface area contributed by atoms with E-state index >= 15 is 0 Å². The molecular formula is C15H14ClIO. The molecule has 0 heterocycles. The molecule has 1 nitrogen and oxygen atoms in total. The summed E-state index contributed by atoms with van der Waals surface area (Å²) in [5.41, 5.74) is 3.22. The molecule has 0 aliphatic heterocycles. The van der Waals surface area contributed by atoms with Crippen LogP contribution in [0.5, 0.6) is 0 Å². The van der Waals surface area contributed by atoms with Crippen LogP contribution < -0.4 is 0 Å². The monoisotopic (exact) mass is 372 g/mol. The van der Waals surface area contributed by atoms with E-state index in [9.17, 15) is 5.11 Å². The number of hydrogen-bond acceptors (Lipinski definition) is 1. The van der Waals surface area contributed by atoms with E-state index in [-0.39, 0.29) is 0 Å². The third-order valence-electron chi connectivity index (χ3n) is 2.88. The van der Waals surface area contributed by atoms with Crippen molar-refractivity contribution in [2.45, 2.75) is 19.4 Å². The minimum absolute atomic E-state index is 0.512. The van der Waals surface area contributed by atoms with Crippen molar-refractivity contribution in [1.29, 1.82) is 0 Å². The average Bonchev–Trinajstić information content (AvgIpc) is 2.35. The number of hydrogen-bond donors (Lipinski definition) is 1. The summed E-state index contributed by atoms with van der Waals surface area (Å²) in [7, 11) is 0. The predicted molar refractivity (Wildman–Crippen MR) is 84.0 cm³/mol. The van der Waals surface area contributed by atoms with Gasteiger partial charge >= 0.3 is 0 Å². The fourth-order valence-electron chi connectivity index (χ4n) is 1.78. The van der Waals surface area contributed by atoms with Crippen LogP contribution in [0.1, 0.15) is 22.8 Å². The third-order valence-corrected chi connectivity index (χ3v) is 4.45. The second-order valence-corrected chi connectivity index (χ2v) is 5.95. The minimum atomic E-state index is -0.512. The van der Waals surface area contributed by atoms with Crippen molar-refractivity contribution in [3.63, 3.8) is 0 Å². The van der Waals surface area contributed by atoms with Gasteiger partial charge in [-0.1, -0.05) is 47.5 Å². The topological polar surface area (TPSA) is 20.2 Å². The lowest BCUT2D eigenvalue weighted by Crippen LogP contribution is -2.02. The minimum Gasteiger partial charge on any atom is -0.388 e. The molecule has 2 aromatic rings. The molecule has 0 bridgehead atoms. The maximum atomic E-state index is 10.2. The van der Waals surface area contributed by atoms with Gasteiger partial charge in [0, 0.05) is 9.99 Å². The molecule has 0 radical (unpaired) electrons. The van der Waals surface area contributed by atoms with Gasteiger partial charge in [0.15, 0.2) is 0 Å². The first kappa shape index (κ1) is 13.8. The van der Waals surface area contributed by atoms with E-state index in [0.29, 0.717) is 11.4 Å². The Balaban J connectivity index is 2.13. The van der Waals surface area contributed by atoms with Gasteiger partial charge in [-0.05, 0) is 52.8 Å². The van der Waals surface area contributed by atoms with Gasteiger partial charge in [-0.3, -0.25) is 0 Å². The lowest BCUT2D eigenvalue weighted by atomic mass is 10.0. The zero-order valence-corrected chi connectivity index (χ0v) is 12.9. The van der Waals surface area contributed by atoms with Gasteiger partial charge in [0.2, 0.25) is 0 Å². The van der Waals surface area contributed by atoms with E-state index in [1.54, 1.807) is 0 Å². The van der Waals surface area contributed by atoms with Crippen LogP contribution in [0.3, 0.4) is 0 Å². The molecule has 2 aromatic carbocycles.